The molecule has 0 atom stereocenters. The first-order valence-corrected chi connectivity index (χ1v) is 13.2. The predicted molar refractivity (Wildman–Crippen MR) is 152 cm³/mol. The molecule has 0 amide bonds. The van der Waals surface area contributed by atoms with Gasteiger partial charge in [-0.15, -0.1) is 0 Å². The van der Waals surface area contributed by atoms with Gasteiger partial charge in [-0.3, -0.25) is 0 Å². The highest BCUT2D eigenvalue weighted by molar-refractivity contribution is 6.03. The lowest BCUT2D eigenvalue weighted by atomic mass is 9.81. The van der Waals surface area contributed by atoms with Gasteiger partial charge in [0.05, 0.1) is 5.41 Å². The van der Waals surface area contributed by atoms with Crippen LogP contribution in [0.15, 0.2) is 96.8 Å². The highest BCUT2D eigenvalue weighted by Crippen LogP contribution is 2.47. The van der Waals surface area contributed by atoms with Gasteiger partial charge in [-0.05, 0) is 38.0 Å². The van der Waals surface area contributed by atoms with Crippen LogP contribution in [-0.4, -0.2) is 23.4 Å². The van der Waals surface area contributed by atoms with Crippen LogP contribution in [0.3, 0.4) is 0 Å². The van der Waals surface area contributed by atoms with E-state index in [1.807, 2.05) is 0 Å². The van der Waals surface area contributed by atoms with Crippen LogP contribution in [0.2, 0.25) is 0 Å². The Labute approximate surface area is 235 Å². The SMILES string of the molecule is CCCN1C(=CC=CC=CC=CC2=[N+](CCC)c3ccccc3C2(C)C)C(C)(C)c2ccccc21.[I-]. The van der Waals surface area contributed by atoms with Gasteiger partial charge in [0.25, 0.3) is 0 Å². The van der Waals surface area contributed by atoms with Gasteiger partial charge in [0.2, 0.25) is 5.69 Å². The molecule has 0 aliphatic carbocycles. The fourth-order valence-corrected chi connectivity index (χ4v) is 5.70. The fraction of sp³-hybridized carbons (Fsp3) is 0.364. The third kappa shape index (κ3) is 5.18. The number of nitrogens with zero attached hydrogens (tertiary/aromatic N) is 2. The molecule has 2 nitrogen and oxygen atoms in total. The third-order valence-corrected chi connectivity index (χ3v) is 7.45. The number of para-hydroxylation sites is 2. The minimum Gasteiger partial charge on any atom is -1.00 e. The minimum atomic E-state index is 0. The lowest BCUT2D eigenvalue weighted by molar-refractivity contribution is -0.437. The van der Waals surface area contributed by atoms with Crippen molar-refractivity contribution in [3.05, 3.63) is 108 Å². The summed E-state index contributed by atoms with van der Waals surface area (Å²) in [7, 11) is 0. The number of allylic oxidation sites excluding steroid dienone is 8. The second-order valence-corrected chi connectivity index (χ2v) is 10.7. The molecule has 2 heterocycles. The lowest BCUT2D eigenvalue weighted by Gasteiger charge is -2.26. The van der Waals surface area contributed by atoms with Crippen molar-refractivity contribution in [2.75, 3.05) is 18.0 Å². The van der Waals surface area contributed by atoms with Crippen LogP contribution in [-0.2, 0) is 10.8 Å². The Morgan fingerprint density at radius 3 is 2.11 bits per heavy atom. The Balaban J connectivity index is 0.00000361. The minimum absolute atomic E-state index is 0. The van der Waals surface area contributed by atoms with Crippen LogP contribution < -0.4 is 28.9 Å². The second-order valence-electron chi connectivity index (χ2n) is 10.7. The molecule has 0 spiro atoms. The number of rotatable bonds is 8. The summed E-state index contributed by atoms with van der Waals surface area (Å²) in [5.41, 5.74) is 8.32. The van der Waals surface area contributed by atoms with Crippen molar-refractivity contribution in [1.82, 2.24) is 0 Å². The summed E-state index contributed by atoms with van der Waals surface area (Å²) in [6.07, 6.45) is 17.6. The quantitative estimate of drug-likeness (QED) is 0.231. The summed E-state index contributed by atoms with van der Waals surface area (Å²) < 4.78 is 2.49. The van der Waals surface area contributed by atoms with E-state index in [9.17, 15) is 0 Å². The molecule has 2 aromatic rings. The summed E-state index contributed by atoms with van der Waals surface area (Å²) in [4.78, 5) is 2.49. The summed E-state index contributed by atoms with van der Waals surface area (Å²) in [5, 5.41) is 0. The van der Waals surface area contributed by atoms with Gasteiger partial charge in [0, 0.05) is 47.5 Å². The highest BCUT2D eigenvalue weighted by atomic mass is 127. The molecule has 3 heteroatoms. The van der Waals surface area contributed by atoms with Gasteiger partial charge in [0.15, 0.2) is 5.71 Å². The van der Waals surface area contributed by atoms with Crippen LogP contribution in [0.4, 0.5) is 11.4 Å². The average molecular weight is 593 g/mol. The predicted octanol–water partition coefficient (Wildman–Crippen LogP) is 5.24. The zero-order valence-corrected chi connectivity index (χ0v) is 24.9. The molecular weight excluding hydrogens is 551 g/mol. The zero-order valence-electron chi connectivity index (χ0n) is 22.8. The molecule has 0 unspecified atom stereocenters. The first-order valence-electron chi connectivity index (χ1n) is 13.2. The number of anilines is 1. The van der Waals surface area contributed by atoms with E-state index in [1.165, 1.54) is 33.9 Å². The third-order valence-electron chi connectivity index (χ3n) is 7.45. The monoisotopic (exact) mass is 592 g/mol. The Hall–Kier alpha value is -2.40. The van der Waals surface area contributed by atoms with E-state index >= 15 is 0 Å². The molecule has 0 N–H and O–H groups in total. The van der Waals surface area contributed by atoms with Crippen LogP contribution in [0.5, 0.6) is 0 Å². The maximum absolute atomic E-state index is 2.49. The van der Waals surface area contributed by atoms with Crippen molar-refractivity contribution in [2.24, 2.45) is 0 Å². The highest BCUT2D eigenvalue weighted by Gasteiger charge is 2.43. The standard InChI is InChI=1S/C33H41N2.HI/c1-7-24-34-28-20-16-14-18-26(28)32(3,4)30(34)22-12-10-9-11-13-23-31-33(5,6)27-19-15-17-21-29(27)35(31)25-8-2;/h9-23H,7-8,24-25H2,1-6H3;1H/q+1;/p-1. The summed E-state index contributed by atoms with van der Waals surface area (Å²) in [6.45, 7) is 15.9. The first-order chi connectivity index (χ1) is 16.8. The summed E-state index contributed by atoms with van der Waals surface area (Å²) in [6, 6.07) is 17.7. The topological polar surface area (TPSA) is 6.25 Å². The number of fused-ring (bicyclic) bond motifs is 2. The van der Waals surface area contributed by atoms with Gasteiger partial charge < -0.3 is 28.9 Å². The normalized spacial score (nSPS) is 19.1. The second kappa shape index (κ2) is 11.8. The van der Waals surface area contributed by atoms with E-state index in [4.69, 9.17) is 0 Å². The van der Waals surface area contributed by atoms with Gasteiger partial charge in [-0.25, -0.2) is 0 Å². The number of benzene rings is 2. The smallest absolute Gasteiger partial charge is 0.209 e. The molecule has 2 aliphatic rings. The maximum atomic E-state index is 2.49. The van der Waals surface area contributed by atoms with E-state index in [0.717, 1.165) is 25.9 Å². The molecule has 0 aromatic heterocycles. The maximum Gasteiger partial charge on any atom is 0.209 e. The average Bonchev–Trinajstić information content (AvgIpc) is 3.19. The molecule has 36 heavy (non-hydrogen) atoms. The van der Waals surface area contributed by atoms with Crippen LogP contribution in [0, 0.1) is 0 Å². The van der Waals surface area contributed by atoms with Gasteiger partial charge >= 0.3 is 0 Å². The Bertz CT molecular complexity index is 1220. The largest absolute Gasteiger partial charge is 1.00 e. The summed E-state index contributed by atoms with van der Waals surface area (Å²) in [5.74, 6) is 0. The van der Waals surface area contributed by atoms with Gasteiger partial charge in [-0.1, -0.05) is 94.5 Å². The van der Waals surface area contributed by atoms with Crippen molar-refractivity contribution in [3.63, 3.8) is 0 Å². The molecule has 2 aromatic carbocycles. The van der Waals surface area contributed by atoms with Crippen LogP contribution in [0.1, 0.15) is 65.5 Å². The van der Waals surface area contributed by atoms with E-state index in [0.29, 0.717) is 0 Å². The summed E-state index contributed by atoms with van der Waals surface area (Å²) >= 11 is 0. The van der Waals surface area contributed by atoms with Gasteiger partial charge in [0.1, 0.15) is 6.54 Å². The van der Waals surface area contributed by atoms with E-state index in [2.05, 4.69) is 142 Å². The van der Waals surface area contributed by atoms with Crippen molar-refractivity contribution < 1.29 is 28.6 Å². The van der Waals surface area contributed by atoms with Crippen molar-refractivity contribution in [1.29, 1.82) is 0 Å². The molecule has 2 aliphatic heterocycles. The first kappa shape index (κ1) is 28.2. The molecule has 0 radical (unpaired) electrons. The number of hydrogen-bond acceptors (Lipinski definition) is 1. The Kier molecular flexibility index (Phi) is 9.21. The lowest BCUT2D eigenvalue weighted by Crippen LogP contribution is -3.00. The molecule has 0 bridgehead atoms. The molecule has 0 saturated heterocycles. The number of halogens is 1. The van der Waals surface area contributed by atoms with Crippen molar-refractivity contribution in [2.45, 2.75) is 65.2 Å². The molecule has 190 valence electrons. The van der Waals surface area contributed by atoms with E-state index in [1.54, 1.807) is 0 Å². The molecule has 0 saturated carbocycles. The molecular formula is C33H41IN2. The number of hydrogen-bond donors (Lipinski definition) is 0. The van der Waals surface area contributed by atoms with Crippen LogP contribution in [0.25, 0.3) is 0 Å². The van der Waals surface area contributed by atoms with E-state index < -0.39 is 0 Å². The van der Waals surface area contributed by atoms with E-state index in [-0.39, 0.29) is 34.8 Å². The Morgan fingerprint density at radius 1 is 0.750 bits per heavy atom. The Morgan fingerprint density at radius 2 is 1.39 bits per heavy atom. The molecule has 0 fully saturated rings. The van der Waals surface area contributed by atoms with Gasteiger partial charge in [-0.2, -0.15) is 4.58 Å². The van der Waals surface area contributed by atoms with Crippen LogP contribution >= 0.6 is 0 Å². The zero-order chi connectivity index (χ0) is 25.1. The van der Waals surface area contributed by atoms with Crippen molar-refractivity contribution >= 4 is 17.1 Å². The molecule has 4 rings (SSSR count). The fourth-order valence-electron chi connectivity index (χ4n) is 5.70. The van der Waals surface area contributed by atoms with Crippen molar-refractivity contribution in [3.8, 4) is 0 Å².